The zero-order valence-corrected chi connectivity index (χ0v) is 22.3. The number of ether oxygens (including phenoxy) is 1. The molecule has 0 spiro atoms. The Labute approximate surface area is 225 Å². The molecule has 1 aliphatic rings. The molecule has 0 aliphatic carbocycles. The highest BCUT2D eigenvalue weighted by Crippen LogP contribution is 2.29. The van der Waals surface area contributed by atoms with Gasteiger partial charge < -0.3 is 20.1 Å². The van der Waals surface area contributed by atoms with E-state index < -0.39 is 5.97 Å². The van der Waals surface area contributed by atoms with Crippen molar-refractivity contribution in [2.24, 2.45) is 7.05 Å². The largest absolute Gasteiger partial charge is 0.478 e. The molecule has 2 heterocycles. The number of aryl methyl sites for hydroxylation is 1. The number of nitrogens with zero attached hydrogens (tertiary/aromatic N) is 3. The van der Waals surface area contributed by atoms with E-state index in [4.69, 9.17) is 9.72 Å². The lowest BCUT2D eigenvalue weighted by Crippen LogP contribution is -2.54. The summed E-state index contributed by atoms with van der Waals surface area (Å²) >= 11 is 0. The number of hydrogen-bond donors (Lipinski definition) is 2. The van der Waals surface area contributed by atoms with Crippen LogP contribution in [0.5, 0.6) is 0 Å². The number of likely N-dealkylation sites (tertiary alicyclic amines) is 1. The number of hydrogen-bond acceptors (Lipinski definition) is 6. The number of carboxylic acid groups (broad SMARTS) is 1. The number of anilines is 1. The van der Waals surface area contributed by atoms with E-state index in [1.54, 1.807) is 67.6 Å². The fourth-order valence-corrected chi connectivity index (χ4v) is 4.94. The molecule has 9 nitrogen and oxygen atoms in total. The van der Waals surface area contributed by atoms with Gasteiger partial charge in [0.25, 0.3) is 11.5 Å². The zero-order valence-electron chi connectivity index (χ0n) is 22.3. The van der Waals surface area contributed by atoms with Crippen molar-refractivity contribution >= 4 is 28.5 Å². The van der Waals surface area contributed by atoms with Gasteiger partial charge in [-0.25, -0.2) is 9.78 Å². The highest BCUT2D eigenvalue weighted by Gasteiger charge is 2.31. The van der Waals surface area contributed by atoms with E-state index in [0.29, 0.717) is 46.6 Å². The number of benzene rings is 3. The fourth-order valence-electron chi connectivity index (χ4n) is 4.94. The Bertz CT molecular complexity index is 1640. The van der Waals surface area contributed by atoms with Crippen LogP contribution in [-0.4, -0.2) is 57.7 Å². The number of rotatable bonds is 7. The minimum atomic E-state index is -1.02. The highest BCUT2D eigenvalue weighted by atomic mass is 16.5. The summed E-state index contributed by atoms with van der Waals surface area (Å²) in [5.74, 6) is -0.615. The molecule has 4 aromatic rings. The van der Waals surface area contributed by atoms with Crippen LogP contribution in [0.2, 0.25) is 0 Å². The molecule has 0 bridgehead atoms. The maximum atomic E-state index is 13.5. The van der Waals surface area contributed by atoms with Crippen LogP contribution in [0.25, 0.3) is 22.3 Å². The molecule has 1 aliphatic heterocycles. The number of fused-ring (bicyclic) bond motifs is 1. The third-order valence-electron chi connectivity index (χ3n) is 7.21. The van der Waals surface area contributed by atoms with Gasteiger partial charge in [0.2, 0.25) is 0 Å². The number of aromatic carboxylic acids is 1. The van der Waals surface area contributed by atoms with Crippen molar-refractivity contribution in [2.75, 3.05) is 25.5 Å². The van der Waals surface area contributed by atoms with Crippen molar-refractivity contribution < 1.29 is 19.4 Å². The summed E-state index contributed by atoms with van der Waals surface area (Å²) in [5, 5.41) is 13.4. The maximum absolute atomic E-state index is 13.5. The van der Waals surface area contributed by atoms with E-state index in [9.17, 15) is 19.5 Å². The molecular formula is C30H30N4O5. The average molecular weight is 527 g/mol. The first-order valence-electron chi connectivity index (χ1n) is 12.7. The topological polar surface area (TPSA) is 114 Å². The molecule has 1 saturated heterocycles. The molecule has 1 aromatic heterocycles. The van der Waals surface area contributed by atoms with E-state index in [1.165, 1.54) is 4.57 Å². The summed E-state index contributed by atoms with van der Waals surface area (Å²) in [6.07, 6.45) is 0.0804. The molecule has 5 rings (SSSR count). The monoisotopic (exact) mass is 526 g/mol. The summed E-state index contributed by atoms with van der Waals surface area (Å²) in [6.45, 7) is 4.97. The third kappa shape index (κ3) is 4.88. The molecule has 200 valence electrons. The number of carbonyl (C=O) groups is 2. The number of carbonyl (C=O) groups excluding carboxylic acids is 1. The first-order chi connectivity index (χ1) is 18.7. The van der Waals surface area contributed by atoms with Gasteiger partial charge in [-0.2, -0.15) is 0 Å². The number of carboxylic acids is 1. The summed E-state index contributed by atoms with van der Waals surface area (Å²) in [4.78, 5) is 44.6. The Hall–Kier alpha value is -4.50. The number of amides is 1. The van der Waals surface area contributed by atoms with Gasteiger partial charge in [0.15, 0.2) is 0 Å². The van der Waals surface area contributed by atoms with Gasteiger partial charge in [0.05, 0.1) is 28.6 Å². The van der Waals surface area contributed by atoms with Gasteiger partial charge in [0.1, 0.15) is 5.82 Å². The molecule has 2 N–H and O–H groups in total. The SMILES string of the molecule is COC1CN(C(=O)c2ccc(-c3nc4c([C@@H](C)Nc5ccccc5C(=O)O)cc(C)cc4c(=O)n3C)cc2)C1. The molecule has 1 fully saturated rings. The Kier molecular flexibility index (Phi) is 6.93. The van der Waals surface area contributed by atoms with E-state index in [0.717, 1.165) is 11.1 Å². The predicted octanol–water partition coefficient (Wildman–Crippen LogP) is 4.25. The quantitative estimate of drug-likeness (QED) is 0.370. The normalized spacial score (nSPS) is 14.2. The molecule has 1 amide bonds. The molecular weight excluding hydrogens is 496 g/mol. The number of para-hydroxylation sites is 1. The first kappa shape index (κ1) is 26.1. The summed E-state index contributed by atoms with van der Waals surface area (Å²) in [7, 11) is 3.32. The molecule has 0 radical (unpaired) electrons. The van der Waals surface area contributed by atoms with Crippen LogP contribution in [0.1, 0.15) is 44.8 Å². The predicted molar refractivity (Wildman–Crippen MR) is 149 cm³/mol. The Morgan fingerprint density at radius 1 is 1.10 bits per heavy atom. The minimum absolute atomic E-state index is 0.0606. The minimum Gasteiger partial charge on any atom is -0.478 e. The van der Waals surface area contributed by atoms with Crippen LogP contribution in [0.15, 0.2) is 65.5 Å². The van der Waals surface area contributed by atoms with Crippen LogP contribution in [0.4, 0.5) is 5.69 Å². The van der Waals surface area contributed by atoms with Crippen molar-refractivity contribution in [3.05, 3.63) is 93.3 Å². The van der Waals surface area contributed by atoms with Crippen LogP contribution in [0, 0.1) is 6.92 Å². The second kappa shape index (κ2) is 10.3. The lowest BCUT2D eigenvalue weighted by Gasteiger charge is -2.38. The van der Waals surface area contributed by atoms with Crippen molar-refractivity contribution in [1.82, 2.24) is 14.5 Å². The molecule has 39 heavy (non-hydrogen) atoms. The van der Waals surface area contributed by atoms with Crippen LogP contribution in [0.3, 0.4) is 0 Å². The number of aromatic nitrogens is 2. The maximum Gasteiger partial charge on any atom is 0.337 e. The van der Waals surface area contributed by atoms with Crippen molar-refractivity contribution in [2.45, 2.75) is 26.0 Å². The van der Waals surface area contributed by atoms with Crippen LogP contribution < -0.4 is 10.9 Å². The third-order valence-corrected chi connectivity index (χ3v) is 7.21. The van der Waals surface area contributed by atoms with Crippen molar-refractivity contribution in [1.29, 1.82) is 0 Å². The van der Waals surface area contributed by atoms with E-state index in [-0.39, 0.29) is 29.2 Å². The van der Waals surface area contributed by atoms with E-state index >= 15 is 0 Å². The van der Waals surface area contributed by atoms with Gasteiger partial charge >= 0.3 is 5.97 Å². The summed E-state index contributed by atoms with van der Waals surface area (Å²) in [6, 6.07) is 17.2. The second-order valence-corrected chi connectivity index (χ2v) is 9.91. The standard InChI is InChI=1S/C30H30N4O5/c1-17-13-23(18(2)31-25-8-6-5-7-22(25)30(37)38)26-24(14-17)29(36)33(3)27(32-26)19-9-11-20(12-10-19)28(35)34-15-21(16-34)39-4/h5-14,18,21,31H,15-16H2,1-4H3,(H,37,38)/t18-/m1/s1. The van der Waals surface area contributed by atoms with Crippen molar-refractivity contribution in [3.63, 3.8) is 0 Å². The highest BCUT2D eigenvalue weighted by molar-refractivity contribution is 5.95. The van der Waals surface area contributed by atoms with Crippen LogP contribution >= 0.6 is 0 Å². The van der Waals surface area contributed by atoms with Crippen molar-refractivity contribution in [3.8, 4) is 11.4 Å². The first-order valence-corrected chi connectivity index (χ1v) is 12.7. The summed E-state index contributed by atoms with van der Waals surface area (Å²) < 4.78 is 6.77. The number of nitrogens with one attached hydrogen (secondary N) is 1. The Balaban J connectivity index is 1.52. The lowest BCUT2D eigenvalue weighted by atomic mass is 10.00. The van der Waals surface area contributed by atoms with E-state index in [2.05, 4.69) is 5.32 Å². The van der Waals surface area contributed by atoms with Gasteiger partial charge in [-0.3, -0.25) is 14.2 Å². The van der Waals surface area contributed by atoms with E-state index in [1.807, 2.05) is 26.0 Å². The fraction of sp³-hybridized carbons (Fsp3) is 0.267. The molecule has 1 atom stereocenters. The Morgan fingerprint density at radius 3 is 2.46 bits per heavy atom. The smallest absolute Gasteiger partial charge is 0.337 e. The lowest BCUT2D eigenvalue weighted by molar-refractivity contribution is -0.0191. The average Bonchev–Trinajstić information content (AvgIpc) is 2.90. The number of methoxy groups -OCH3 is 1. The Morgan fingerprint density at radius 2 is 1.79 bits per heavy atom. The second-order valence-electron chi connectivity index (χ2n) is 9.91. The van der Waals surface area contributed by atoms with Gasteiger partial charge in [-0.15, -0.1) is 0 Å². The van der Waals surface area contributed by atoms with Gasteiger partial charge in [0, 0.05) is 49.6 Å². The molecule has 0 unspecified atom stereocenters. The zero-order chi connectivity index (χ0) is 27.8. The van der Waals surface area contributed by atoms with Gasteiger partial charge in [-0.1, -0.05) is 30.3 Å². The van der Waals surface area contributed by atoms with Gasteiger partial charge in [-0.05, 0) is 49.7 Å². The summed E-state index contributed by atoms with van der Waals surface area (Å²) in [5.41, 5.74) is 3.93. The molecule has 0 saturated carbocycles. The molecule has 9 heteroatoms. The van der Waals surface area contributed by atoms with Crippen LogP contribution in [-0.2, 0) is 11.8 Å². The molecule has 3 aromatic carbocycles.